The summed E-state index contributed by atoms with van der Waals surface area (Å²) in [5.74, 6) is -0.216. The van der Waals surface area contributed by atoms with Crippen molar-refractivity contribution in [3.8, 4) is 5.69 Å². The summed E-state index contributed by atoms with van der Waals surface area (Å²) >= 11 is 0. The van der Waals surface area contributed by atoms with Crippen molar-refractivity contribution < 1.29 is 4.39 Å². The summed E-state index contributed by atoms with van der Waals surface area (Å²) in [6.07, 6.45) is 3.59. The van der Waals surface area contributed by atoms with E-state index < -0.39 is 0 Å². The number of hydrogen-bond acceptors (Lipinski definition) is 3. The van der Waals surface area contributed by atoms with E-state index in [0.717, 1.165) is 22.2 Å². The third kappa shape index (κ3) is 2.24. The molecule has 2 aromatic carbocycles. The Morgan fingerprint density at radius 3 is 2.64 bits per heavy atom. The molecule has 108 valence electrons. The van der Waals surface area contributed by atoms with E-state index in [0.29, 0.717) is 6.54 Å². The van der Waals surface area contributed by atoms with Crippen LogP contribution in [0.5, 0.6) is 0 Å². The predicted octanol–water partition coefficient (Wildman–Crippen LogP) is 2.80. The van der Waals surface area contributed by atoms with E-state index in [9.17, 15) is 4.39 Å². The minimum Gasteiger partial charge on any atom is -0.343 e. The summed E-state index contributed by atoms with van der Waals surface area (Å²) in [5, 5.41) is 12.3. The van der Waals surface area contributed by atoms with Crippen molar-refractivity contribution >= 4 is 10.9 Å². The van der Waals surface area contributed by atoms with Gasteiger partial charge in [0.15, 0.2) is 0 Å². The van der Waals surface area contributed by atoms with Crippen molar-refractivity contribution in [2.24, 2.45) is 0 Å². The minimum atomic E-state index is -0.216. The summed E-state index contributed by atoms with van der Waals surface area (Å²) in [6, 6.07) is 14.7. The van der Waals surface area contributed by atoms with Gasteiger partial charge in [-0.05, 0) is 52.4 Å². The predicted molar refractivity (Wildman–Crippen MR) is 80.2 cm³/mol. The minimum absolute atomic E-state index is 0.216. The van der Waals surface area contributed by atoms with E-state index >= 15 is 0 Å². The number of hydrogen-bond donors (Lipinski definition) is 0. The first-order valence-electron chi connectivity index (χ1n) is 6.86. The number of aromatic nitrogens is 5. The van der Waals surface area contributed by atoms with Crippen LogP contribution in [0, 0.1) is 5.82 Å². The van der Waals surface area contributed by atoms with E-state index in [1.165, 1.54) is 12.1 Å². The number of tetrazole rings is 1. The Bertz CT molecular complexity index is 910. The molecule has 2 aromatic heterocycles. The highest BCUT2D eigenvalue weighted by Gasteiger charge is 2.05. The maximum atomic E-state index is 13.0. The quantitative estimate of drug-likeness (QED) is 0.583. The molecule has 0 unspecified atom stereocenters. The number of halogens is 1. The van der Waals surface area contributed by atoms with Crippen molar-refractivity contribution in [3.63, 3.8) is 0 Å². The van der Waals surface area contributed by atoms with Gasteiger partial charge in [0, 0.05) is 23.6 Å². The first-order chi connectivity index (χ1) is 10.8. The van der Waals surface area contributed by atoms with Crippen LogP contribution in [0.15, 0.2) is 61.1 Å². The molecule has 0 atom stereocenters. The Morgan fingerprint density at radius 1 is 1.00 bits per heavy atom. The fourth-order valence-electron chi connectivity index (χ4n) is 2.53. The largest absolute Gasteiger partial charge is 0.343 e. The van der Waals surface area contributed by atoms with Crippen molar-refractivity contribution in [1.29, 1.82) is 0 Å². The average Bonchev–Trinajstić information content (AvgIpc) is 3.19. The number of nitrogens with zero attached hydrogens (tertiary/aromatic N) is 5. The molecule has 0 saturated carbocycles. The van der Waals surface area contributed by atoms with Crippen LogP contribution in [-0.2, 0) is 6.54 Å². The van der Waals surface area contributed by atoms with Crippen LogP contribution in [0.1, 0.15) is 5.56 Å². The lowest BCUT2D eigenvalue weighted by molar-refractivity contribution is 0.626. The number of benzene rings is 2. The summed E-state index contributed by atoms with van der Waals surface area (Å²) in [4.78, 5) is 0. The molecule has 4 rings (SSSR count). The Kier molecular flexibility index (Phi) is 2.93. The summed E-state index contributed by atoms with van der Waals surface area (Å²) in [7, 11) is 0. The van der Waals surface area contributed by atoms with Crippen LogP contribution in [0.2, 0.25) is 0 Å². The number of rotatable bonds is 3. The Morgan fingerprint density at radius 2 is 1.86 bits per heavy atom. The average molecular weight is 293 g/mol. The van der Waals surface area contributed by atoms with Crippen molar-refractivity contribution in [2.45, 2.75) is 6.54 Å². The van der Waals surface area contributed by atoms with Gasteiger partial charge in [-0.1, -0.05) is 12.1 Å². The molecule has 0 spiro atoms. The molecule has 2 heterocycles. The van der Waals surface area contributed by atoms with E-state index in [1.54, 1.807) is 23.1 Å². The fourth-order valence-corrected chi connectivity index (χ4v) is 2.53. The molecule has 0 aliphatic carbocycles. The normalized spacial score (nSPS) is 11.1. The maximum absolute atomic E-state index is 13.0. The smallest absolute Gasteiger partial charge is 0.143 e. The molecular weight excluding hydrogens is 281 g/mol. The lowest BCUT2D eigenvalue weighted by Gasteiger charge is -2.06. The van der Waals surface area contributed by atoms with E-state index in [4.69, 9.17) is 0 Å². The van der Waals surface area contributed by atoms with Crippen LogP contribution < -0.4 is 0 Å². The first-order valence-corrected chi connectivity index (χ1v) is 6.86. The zero-order valence-electron chi connectivity index (χ0n) is 11.6. The van der Waals surface area contributed by atoms with E-state index in [-0.39, 0.29) is 5.82 Å². The van der Waals surface area contributed by atoms with Gasteiger partial charge in [-0.15, -0.1) is 5.10 Å². The van der Waals surface area contributed by atoms with Gasteiger partial charge in [-0.3, -0.25) is 0 Å². The molecule has 0 bridgehead atoms. The number of fused-ring (bicyclic) bond motifs is 1. The van der Waals surface area contributed by atoms with Crippen LogP contribution in [0.3, 0.4) is 0 Å². The van der Waals surface area contributed by atoms with E-state index in [1.807, 2.05) is 30.5 Å². The molecule has 0 radical (unpaired) electrons. The second-order valence-electron chi connectivity index (χ2n) is 5.07. The van der Waals surface area contributed by atoms with Gasteiger partial charge in [-0.2, -0.15) is 0 Å². The Balaban J connectivity index is 1.69. The molecule has 0 amide bonds. The highest BCUT2D eigenvalue weighted by Crippen LogP contribution is 2.20. The third-order valence-electron chi connectivity index (χ3n) is 3.63. The zero-order valence-corrected chi connectivity index (χ0v) is 11.6. The second kappa shape index (κ2) is 5.07. The molecule has 0 aliphatic heterocycles. The maximum Gasteiger partial charge on any atom is 0.143 e. The topological polar surface area (TPSA) is 48.5 Å². The molecule has 22 heavy (non-hydrogen) atoms. The monoisotopic (exact) mass is 293 g/mol. The molecule has 0 fully saturated rings. The summed E-state index contributed by atoms with van der Waals surface area (Å²) in [6.45, 7) is 0.702. The lowest BCUT2D eigenvalue weighted by atomic mass is 10.2. The molecule has 0 aliphatic rings. The van der Waals surface area contributed by atoms with Gasteiger partial charge in [-0.25, -0.2) is 9.07 Å². The van der Waals surface area contributed by atoms with Gasteiger partial charge >= 0.3 is 0 Å². The van der Waals surface area contributed by atoms with Crippen molar-refractivity contribution in [1.82, 2.24) is 24.8 Å². The van der Waals surface area contributed by atoms with E-state index in [2.05, 4.69) is 20.1 Å². The highest BCUT2D eigenvalue weighted by molar-refractivity contribution is 5.82. The Labute approximate surface area is 125 Å². The van der Waals surface area contributed by atoms with Crippen molar-refractivity contribution in [2.75, 3.05) is 0 Å². The molecule has 4 aromatic rings. The fraction of sp³-hybridized carbons (Fsp3) is 0.0625. The summed E-state index contributed by atoms with van der Waals surface area (Å²) in [5.41, 5.74) is 3.08. The molecule has 0 N–H and O–H groups in total. The van der Waals surface area contributed by atoms with Crippen LogP contribution in [0.4, 0.5) is 4.39 Å². The van der Waals surface area contributed by atoms with Gasteiger partial charge in [0.1, 0.15) is 12.1 Å². The SMILES string of the molecule is Fc1ccc(Cn2ccc3cc(-n4cnnn4)ccc32)cc1. The molecule has 0 saturated heterocycles. The second-order valence-corrected chi connectivity index (χ2v) is 5.07. The highest BCUT2D eigenvalue weighted by atomic mass is 19.1. The first kappa shape index (κ1) is 12.7. The van der Waals surface area contributed by atoms with Crippen molar-refractivity contribution in [3.05, 3.63) is 72.4 Å². The molecule has 6 heteroatoms. The van der Waals surface area contributed by atoms with Crippen LogP contribution in [0.25, 0.3) is 16.6 Å². The van der Waals surface area contributed by atoms with Crippen LogP contribution >= 0.6 is 0 Å². The zero-order chi connectivity index (χ0) is 14.9. The van der Waals surface area contributed by atoms with Crippen LogP contribution in [-0.4, -0.2) is 24.8 Å². The summed E-state index contributed by atoms with van der Waals surface area (Å²) < 4.78 is 16.7. The van der Waals surface area contributed by atoms with Gasteiger partial charge in [0.05, 0.1) is 5.69 Å². The third-order valence-corrected chi connectivity index (χ3v) is 3.63. The molecule has 5 nitrogen and oxygen atoms in total. The lowest BCUT2D eigenvalue weighted by Crippen LogP contribution is -1.98. The molecular formula is C16H12FN5. The van der Waals surface area contributed by atoms with Gasteiger partial charge in [0.2, 0.25) is 0 Å². The Hall–Kier alpha value is -3.02. The standard InChI is InChI=1S/C16H12FN5/c17-14-3-1-12(2-4-14)10-21-8-7-13-9-15(5-6-16(13)21)22-11-18-19-20-22/h1-9,11H,10H2. The van der Waals surface area contributed by atoms with Gasteiger partial charge < -0.3 is 4.57 Å². The van der Waals surface area contributed by atoms with Gasteiger partial charge in [0.25, 0.3) is 0 Å².